The van der Waals surface area contributed by atoms with Crippen molar-refractivity contribution in [2.24, 2.45) is 0 Å². The van der Waals surface area contributed by atoms with Crippen LogP contribution in [0.3, 0.4) is 0 Å². The second kappa shape index (κ2) is 5.16. The quantitative estimate of drug-likeness (QED) is 0.483. The molecular weight excluding hydrogens is 292 g/mol. The molecule has 0 spiro atoms. The van der Waals surface area contributed by atoms with Crippen LogP contribution in [0.4, 0.5) is 4.79 Å². The Morgan fingerprint density at radius 1 is 1.45 bits per heavy atom. The molecule has 11 heteroatoms. The number of piperidine rings is 1. The largest absolute Gasteiger partial charge is 0.418 e. The number of urea groups is 1. The van der Waals surface area contributed by atoms with Gasteiger partial charge >= 0.3 is 16.4 Å². The van der Waals surface area contributed by atoms with Crippen LogP contribution in [0, 0.1) is 0 Å². The van der Waals surface area contributed by atoms with E-state index in [1.807, 2.05) is 0 Å². The molecule has 20 heavy (non-hydrogen) atoms. The summed E-state index contributed by atoms with van der Waals surface area (Å²) in [4.78, 5) is 25.2. The van der Waals surface area contributed by atoms with Gasteiger partial charge in [0.15, 0.2) is 0 Å². The topological polar surface area (TPSA) is 119 Å². The average Bonchev–Trinajstić information content (AvgIpc) is 2.52. The van der Waals surface area contributed by atoms with Crippen molar-refractivity contribution in [2.75, 3.05) is 20.6 Å². The minimum Gasteiger partial charge on any atom is -0.309 e. The molecule has 2 bridgehead atoms. The van der Waals surface area contributed by atoms with Crippen LogP contribution in [0.15, 0.2) is 0 Å². The van der Waals surface area contributed by atoms with Crippen LogP contribution in [0.1, 0.15) is 12.8 Å². The van der Waals surface area contributed by atoms with Crippen LogP contribution in [-0.2, 0) is 19.5 Å². The molecule has 10 nitrogen and oxygen atoms in total. The molecule has 2 heterocycles. The maximum atomic E-state index is 12.0. The fourth-order valence-electron chi connectivity index (χ4n) is 2.40. The zero-order chi connectivity index (χ0) is 15.1. The second-order valence-corrected chi connectivity index (χ2v) is 5.88. The number of amides is 3. The van der Waals surface area contributed by atoms with Crippen LogP contribution in [0.2, 0.25) is 0 Å². The van der Waals surface area contributed by atoms with Crippen molar-refractivity contribution in [2.45, 2.75) is 24.9 Å². The highest BCUT2D eigenvalue weighted by molar-refractivity contribution is 7.80. The highest BCUT2D eigenvalue weighted by atomic mass is 32.3. The molecule has 2 saturated heterocycles. The van der Waals surface area contributed by atoms with Crippen molar-refractivity contribution in [3.05, 3.63) is 0 Å². The van der Waals surface area contributed by atoms with E-state index in [0.717, 1.165) is 0 Å². The molecule has 0 saturated carbocycles. The summed E-state index contributed by atoms with van der Waals surface area (Å²) in [7, 11) is -1.48. The fraction of sp³-hybridized carbons (Fsp3) is 0.778. The van der Waals surface area contributed by atoms with Gasteiger partial charge in [-0.1, -0.05) is 0 Å². The van der Waals surface area contributed by atoms with Crippen molar-refractivity contribution in [3.63, 3.8) is 0 Å². The first-order valence-corrected chi connectivity index (χ1v) is 7.30. The van der Waals surface area contributed by atoms with Crippen molar-refractivity contribution in [1.29, 1.82) is 0 Å². The number of hydrogen-bond donors (Lipinski definition) is 2. The number of hydroxylamine groups is 2. The number of carbonyl (C=O) groups excluding carboxylic acids is 2. The monoisotopic (exact) mass is 308 g/mol. The van der Waals surface area contributed by atoms with Crippen LogP contribution < -0.4 is 5.43 Å². The summed E-state index contributed by atoms with van der Waals surface area (Å²) in [5.41, 5.74) is 2.55. The van der Waals surface area contributed by atoms with Crippen LogP contribution in [0.25, 0.3) is 0 Å². The first kappa shape index (κ1) is 15.0. The van der Waals surface area contributed by atoms with E-state index < -0.39 is 28.5 Å². The molecule has 2 fully saturated rings. The van der Waals surface area contributed by atoms with Crippen LogP contribution in [0.5, 0.6) is 0 Å². The minimum atomic E-state index is -4.77. The smallest absolute Gasteiger partial charge is 0.309 e. The van der Waals surface area contributed by atoms with Gasteiger partial charge in [0.05, 0.1) is 6.04 Å². The number of rotatable bonds is 4. The maximum absolute atomic E-state index is 12.0. The van der Waals surface area contributed by atoms with E-state index in [1.54, 1.807) is 14.1 Å². The predicted octanol–water partition coefficient (Wildman–Crippen LogP) is -1.42. The molecule has 0 aliphatic carbocycles. The Morgan fingerprint density at radius 2 is 2.10 bits per heavy atom. The van der Waals surface area contributed by atoms with Gasteiger partial charge in [0, 0.05) is 20.6 Å². The maximum Gasteiger partial charge on any atom is 0.418 e. The Balaban J connectivity index is 2.11. The third-order valence-corrected chi connectivity index (χ3v) is 3.48. The van der Waals surface area contributed by atoms with Crippen LogP contribution >= 0.6 is 0 Å². The number of nitrogens with one attached hydrogen (secondary N) is 1. The lowest BCUT2D eigenvalue weighted by Gasteiger charge is -2.30. The molecule has 2 N–H and O–H groups in total. The van der Waals surface area contributed by atoms with E-state index in [4.69, 9.17) is 4.55 Å². The average molecular weight is 308 g/mol. The van der Waals surface area contributed by atoms with E-state index >= 15 is 0 Å². The molecule has 0 aromatic carbocycles. The number of fused-ring (bicyclic) bond motifs is 2. The lowest BCUT2D eigenvalue weighted by Crippen LogP contribution is -2.52. The van der Waals surface area contributed by atoms with Gasteiger partial charge in [0.1, 0.15) is 6.04 Å². The second-order valence-electron chi connectivity index (χ2n) is 4.88. The van der Waals surface area contributed by atoms with Crippen molar-refractivity contribution >= 4 is 22.3 Å². The first-order chi connectivity index (χ1) is 9.19. The van der Waals surface area contributed by atoms with Gasteiger partial charge < -0.3 is 4.90 Å². The van der Waals surface area contributed by atoms with Gasteiger partial charge in [0.2, 0.25) is 0 Å². The van der Waals surface area contributed by atoms with E-state index in [2.05, 4.69) is 9.71 Å². The summed E-state index contributed by atoms with van der Waals surface area (Å²) >= 11 is 0. The van der Waals surface area contributed by atoms with Gasteiger partial charge in [0.25, 0.3) is 5.91 Å². The summed E-state index contributed by atoms with van der Waals surface area (Å²) in [6.45, 7) is 0.180. The Morgan fingerprint density at radius 3 is 2.65 bits per heavy atom. The third kappa shape index (κ3) is 3.00. The zero-order valence-electron chi connectivity index (χ0n) is 11.0. The molecule has 2 aliphatic heterocycles. The lowest BCUT2D eigenvalue weighted by molar-refractivity contribution is -0.129. The van der Waals surface area contributed by atoms with Crippen LogP contribution in [-0.4, -0.2) is 72.6 Å². The normalized spacial score (nSPS) is 26.3. The van der Waals surface area contributed by atoms with Gasteiger partial charge in [-0.3, -0.25) is 14.8 Å². The Labute approximate surface area is 116 Å². The molecule has 0 radical (unpaired) electrons. The number of nitrogens with zero attached hydrogens (tertiary/aromatic N) is 3. The highest BCUT2D eigenvalue weighted by Gasteiger charge is 2.49. The summed E-state index contributed by atoms with van der Waals surface area (Å²) < 4.78 is 34.4. The van der Waals surface area contributed by atoms with Crippen molar-refractivity contribution in [3.8, 4) is 0 Å². The Hall–Kier alpha value is -1.43. The highest BCUT2D eigenvalue weighted by Crippen LogP contribution is 2.30. The Kier molecular flexibility index (Phi) is 3.86. The third-order valence-electron chi connectivity index (χ3n) is 3.13. The first-order valence-electron chi connectivity index (χ1n) is 5.93. The Bertz CT molecular complexity index is 521. The molecule has 0 aromatic heterocycles. The molecule has 0 aromatic rings. The predicted molar refractivity (Wildman–Crippen MR) is 65.2 cm³/mol. The lowest BCUT2D eigenvalue weighted by atomic mass is 10.0. The van der Waals surface area contributed by atoms with Gasteiger partial charge in [-0.2, -0.15) is 13.5 Å². The molecule has 0 unspecified atom stereocenters. The number of hydrazine groups is 1. The summed E-state index contributed by atoms with van der Waals surface area (Å²) in [5, 5.41) is 2.07. The minimum absolute atomic E-state index is 0.180. The molecule has 2 aliphatic rings. The molecule has 2 atom stereocenters. The van der Waals surface area contributed by atoms with E-state index in [-0.39, 0.29) is 12.5 Å². The number of hydrogen-bond acceptors (Lipinski definition) is 6. The molecular formula is C9H16N4O6S. The summed E-state index contributed by atoms with van der Waals surface area (Å²) in [6.07, 6.45) is 0.796. The molecule has 3 amide bonds. The zero-order valence-corrected chi connectivity index (χ0v) is 11.8. The standard InChI is InChI=1S/C9H16N4O6S/c1-11(2)10-8(14)7-4-3-6-5-12(7)9(15)13(6)19-20(16,17)18/h6-7H,3-5H2,1-2H3,(H,10,14)(H,16,17,18)/t6-,7+/m0/s1. The van der Waals surface area contributed by atoms with Gasteiger partial charge in [-0.05, 0) is 12.8 Å². The van der Waals surface area contributed by atoms with Crippen molar-refractivity contribution < 1.29 is 26.8 Å². The molecule has 2 rings (SSSR count). The molecule has 114 valence electrons. The summed E-state index contributed by atoms with van der Waals surface area (Å²) in [5.74, 6) is -0.351. The van der Waals surface area contributed by atoms with E-state index in [1.165, 1.54) is 9.91 Å². The van der Waals surface area contributed by atoms with E-state index in [0.29, 0.717) is 17.9 Å². The number of carbonyl (C=O) groups is 2. The van der Waals surface area contributed by atoms with Crippen molar-refractivity contribution in [1.82, 2.24) is 20.4 Å². The van der Waals surface area contributed by atoms with E-state index in [9.17, 15) is 18.0 Å². The van der Waals surface area contributed by atoms with Gasteiger partial charge in [-0.15, -0.1) is 4.28 Å². The SMILES string of the molecule is CN(C)NC(=O)[C@H]1CC[C@H]2CN1C(=O)N2OS(=O)(=O)O. The fourth-order valence-corrected chi connectivity index (χ4v) is 2.79. The summed E-state index contributed by atoms with van der Waals surface area (Å²) in [6, 6.07) is -1.92. The van der Waals surface area contributed by atoms with Gasteiger partial charge in [-0.25, -0.2) is 9.80 Å².